The fourth-order valence-corrected chi connectivity index (χ4v) is 2.21. The van der Waals surface area contributed by atoms with Gasteiger partial charge in [-0.15, -0.1) is 0 Å². The van der Waals surface area contributed by atoms with E-state index >= 15 is 0 Å². The van der Waals surface area contributed by atoms with Crippen LogP contribution in [0.3, 0.4) is 0 Å². The zero-order chi connectivity index (χ0) is 15.2. The van der Waals surface area contributed by atoms with Crippen LogP contribution in [0.2, 0.25) is 0 Å². The number of aromatic nitrogens is 2. The minimum atomic E-state index is -0.360. The number of methoxy groups -OCH3 is 1. The van der Waals surface area contributed by atoms with Crippen molar-refractivity contribution in [2.45, 2.75) is 13.5 Å². The van der Waals surface area contributed by atoms with E-state index in [0.29, 0.717) is 27.6 Å². The Hall–Kier alpha value is -1.73. The van der Waals surface area contributed by atoms with Gasteiger partial charge in [-0.05, 0) is 35.0 Å². The van der Waals surface area contributed by atoms with E-state index in [1.165, 1.54) is 6.07 Å². The topological polar surface area (TPSA) is 59.1 Å². The summed E-state index contributed by atoms with van der Waals surface area (Å²) in [5, 5.41) is 6.08. The number of halogens is 2. The van der Waals surface area contributed by atoms with Crippen LogP contribution in [0.1, 0.15) is 12.7 Å². The second kappa shape index (κ2) is 7.33. The molecule has 0 fully saturated rings. The van der Waals surface area contributed by atoms with Gasteiger partial charge in [-0.3, -0.25) is 0 Å². The van der Waals surface area contributed by atoms with Crippen LogP contribution in [0.25, 0.3) is 0 Å². The number of hydrogen-bond donors (Lipinski definition) is 2. The number of hydrogen-bond acceptors (Lipinski definition) is 5. The van der Waals surface area contributed by atoms with Crippen molar-refractivity contribution >= 4 is 33.3 Å². The second-order valence-corrected chi connectivity index (χ2v) is 5.09. The number of benzene rings is 1. The SMILES string of the molecule is CCNc1cc(Nc2c(F)cccc2Br)nc(COC)n1. The van der Waals surface area contributed by atoms with Crippen molar-refractivity contribution < 1.29 is 9.13 Å². The summed E-state index contributed by atoms with van der Waals surface area (Å²) in [5.74, 6) is 1.32. The lowest BCUT2D eigenvalue weighted by Crippen LogP contribution is -2.07. The van der Waals surface area contributed by atoms with Crippen molar-refractivity contribution in [1.29, 1.82) is 0 Å². The van der Waals surface area contributed by atoms with E-state index in [4.69, 9.17) is 4.74 Å². The van der Waals surface area contributed by atoms with E-state index in [2.05, 4.69) is 36.5 Å². The molecule has 1 aromatic carbocycles. The maximum Gasteiger partial charge on any atom is 0.158 e. The Bertz CT molecular complexity index is 579. The first-order chi connectivity index (χ1) is 10.1. The molecule has 0 saturated carbocycles. The number of nitrogens with zero attached hydrogens (tertiary/aromatic N) is 2. The third-order valence-electron chi connectivity index (χ3n) is 2.62. The highest BCUT2D eigenvalue weighted by molar-refractivity contribution is 9.10. The third-order valence-corrected chi connectivity index (χ3v) is 3.28. The molecule has 112 valence electrons. The van der Waals surface area contributed by atoms with Crippen molar-refractivity contribution in [2.24, 2.45) is 0 Å². The Labute approximate surface area is 131 Å². The van der Waals surface area contributed by atoms with Gasteiger partial charge in [0, 0.05) is 24.2 Å². The van der Waals surface area contributed by atoms with Crippen molar-refractivity contribution in [2.75, 3.05) is 24.3 Å². The maximum atomic E-state index is 13.9. The van der Waals surface area contributed by atoms with Gasteiger partial charge < -0.3 is 15.4 Å². The summed E-state index contributed by atoms with van der Waals surface area (Å²) in [4.78, 5) is 8.61. The van der Waals surface area contributed by atoms with Crippen LogP contribution in [-0.4, -0.2) is 23.6 Å². The van der Waals surface area contributed by atoms with Crippen LogP contribution >= 0.6 is 15.9 Å². The molecule has 0 atom stereocenters. The molecule has 0 amide bonds. The molecule has 0 aliphatic carbocycles. The molecule has 5 nitrogen and oxygen atoms in total. The zero-order valence-corrected chi connectivity index (χ0v) is 13.4. The van der Waals surface area contributed by atoms with Crippen molar-refractivity contribution in [1.82, 2.24) is 9.97 Å². The van der Waals surface area contributed by atoms with Crippen LogP contribution in [0, 0.1) is 5.82 Å². The van der Waals surface area contributed by atoms with Crippen molar-refractivity contribution in [3.8, 4) is 0 Å². The molecular weight excluding hydrogens is 339 g/mol. The third kappa shape index (κ3) is 4.12. The van der Waals surface area contributed by atoms with E-state index in [-0.39, 0.29) is 12.4 Å². The average molecular weight is 355 g/mol. The molecule has 21 heavy (non-hydrogen) atoms. The monoisotopic (exact) mass is 354 g/mol. The normalized spacial score (nSPS) is 10.5. The number of ether oxygens (including phenoxy) is 1. The lowest BCUT2D eigenvalue weighted by atomic mass is 10.3. The first-order valence-corrected chi connectivity index (χ1v) is 7.25. The Morgan fingerprint density at radius 1 is 1.29 bits per heavy atom. The summed E-state index contributed by atoms with van der Waals surface area (Å²) in [5.41, 5.74) is 0.335. The molecule has 0 bridgehead atoms. The smallest absolute Gasteiger partial charge is 0.158 e. The summed E-state index contributed by atoms with van der Waals surface area (Å²) >= 11 is 3.32. The predicted molar refractivity (Wildman–Crippen MR) is 84.3 cm³/mol. The Morgan fingerprint density at radius 3 is 2.71 bits per heavy atom. The van der Waals surface area contributed by atoms with Crippen LogP contribution in [0.15, 0.2) is 28.7 Å². The minimum Gasteiger partial charge on any atom is -0.377 e. The molecule has 2 N–H and O–H groups in total. The molecule has 0 aliphatic rings. The van der Waals surface area contributed by atoms with Gasteiger partial charge in [-0.25, -0.2) is 14.4 Å². The van der Waals surface area contributed by atoms with Gasteiger partial charge in [0.15, 0.2) is 5.82 Å². The van der Waals surface area contributed by atoms with Crippen LogP contribution in [0.5, 0.6) is 0 Å². The van der Waals surface area contributed by atoms with E-state index in [1.54, 1.807) is 25.3 Å². The van der Waals surface area contributed by atoms with E-state index in [0.717, 1.165) is 6.54 Å². The molecule has 0 aliphatic heterocycles. The van der Waals surface area contributed by atoms with Gasteiger partial charge in [-0.1, -0.05) is 6.07 Å². The first-order valence-electron chi connectivity index (χ1n) is 6.45. The molecule has 7 heteroatoms. The Kier molecular flexibility index (Phi) is 5.46. The largest absolute Gasteiger partial charge is 0.377 e. The van der Waals surface area contributed by atoms with Gasteiger partial charge >= 0.3 is 0 Å². The fraction of sp³-hybridized carbons (Fsp3) is 0.286. The summed E-state index contributed by atoms with van der Waals surface area (Å²) in [7, 11) is 1.57. The molecular formula is C14H16BrFN4O. The molecule has 2 aromatic rings. The fourth-order valence-electron chi connectivity index (χ4n) is 1.77. The Morgan fingerprint density at radius 2 is 2.05 bits per heavy atom. The van der Waals surface area contributed by atoms with E-state index in [1.807, 2.05) is 6.92 Å². The maximum absolute atomic E-state index is 13.9. The molecule has 2 rings (SSSR count). The standard InChI is InChI=1S/C14H16BrFN4O/c1-3-17-11-7-12(19-13(18-11)8-21-2)20-14-9(15)5-4-6-10(14)16/h4-7H,3,8H2,1-2H3,(H2,17,18,19,20). The van der Waals surface area contributed by atoms with Crippen molar-refractivity contribution in [3.63, 3.8) is 0 Å². The number of nitrogens with one attached hydrogen (secondary N) is 2. The number of rotatable bonds is 6. The van der Waals surface area contributed by atoms with Gasteiger partial charge in [0.05, 0.1) is 5.69 Å². The molecule has 1 aromatic heterocycles. The minimum absolute atomic E-state index is 0.284. The average Bonchev–Trinajstić information content (AvgIpc) is 2.44. The molecule has 0 spiro atoms. The molecule has 0 radical (unpaired) electrons. The van der Waals surface area contributed by atoms with Gasteiger partial charge in [0.25, 0.3) is 0 Å². The highest BCUT2D eigenvalue weighted by Crippen LogP contribution is 2.28. The predicted octanol–water partition coefficient (Wildman–Crippen LogP) is 3.70. The second-order valence-electron chi connectivity index (χ2n) is 4.24. The molecule has 0 saturated heterocycles. The molecule has 0 unspecified atom stereocenters. The highest BCUT2D eigenvalue weighted by atomic mass is 79.9. The van der Waals surface area contributed by atoms with Crippen LogP contribution < -0.4 is 10.6 Å². The van der Waals surface area contributed by atoms with E-state index < -0.39 is 0 Å². The summed E-state index contributed by atoms with van der Waals surface area (Å²) in [6.45, 7) is 2.98. The summed E-state index contributed by atoms with van der Waals surface area (Å²) in [6, 6.07) is 6.50. The first kappa shape index (κ1) is 15.7. The lowest BCUT2D eigenvalue weighted by molar-refractivity contribution is 0.178. The van der Waals surface area contributed by atoms with Crippen molar-refractivity contribution in [3.05, 3.63) is 40.4 Å². The molecule has 1 heterocycles. The van der Waals surface area contributed by atoms with E-state index in [9.17, 15) is 4.39 Å². The van der Waals surface area contributed by atoms with Gasteiger partial charge in [0.1, 0.15) is 24.1 Å². The highest BCUT2D eigenvalue weighted by Gasteiger charge is 2.10. The number of anilines is 3. The summed E-state index contributed by atoms with van der Waals surface area (Å²) in [6.07, 6.45) is 0. The quantitative estimate of drug-likeness (QED) is 0.828. The summed E-state index contributed by atoms with van der Waals surface area (Å²) < 4.78 is 19.5. The van der Waals surface area contributed by atoms with Crippen LogP contribution in [-0.2, 0) is 11.3 Å². The zero-order valence-electron chi connectivity index (χ0n) is 11.8. The number of para-hydroxylation sites is 1. The van der Waals surface area contributed by atoms with Gasteiger partial charge in [0.2, 0.25) is 0 Å². The van der Waals surface area contributed by atoms with Gasteiger partial charge in [-0.2, -0.15) is 0 Å². The Balaban J connectivity index is 2.34. The van der Waals surface area contributed by atoms with Crippen LogP contribution in [0.4, 0.5) is 21.7 Å². The lowest BCUT2D eigenvalue weighted by Gasteiger charge is -2.12.